The number of nitrogens with zero attached hydrogens (tertiary/aromatic N) is 2. The molecule has 112 valence electrons. The van der Waals surface area contributed by atoms with Gasteiger partial charge in [0.05, 0.1) is 18.3 Å². The molecule has 1 atom stereocenters. The molecule has 4 nitrogen and oxygen atoms in total. The van der Waals surface area contributed by atoms with Crippen LogP contribution in [0.4, 0.5) is 5.13 Å². The van der Waals surface area contributed by atoms with E-state index < -0.39 is 0 Å². The third kappa shape index (κ3) is 3.00. The van der Waals surface area contributed by atoms with E-state index in [-0.39, 0.29) is 0 Å². The molecule has 1 aromatic heterocycles. The monoisotopic (exact) mass is 295 g/mol. The minimum Gasteiger partial charge on any atom is -0.383 e. The van der Waals surface area contributed by atoms with E-state index in [1.807, 2.05) is 11.3 Å². The molecule has 1 N–H and O–H groups in total. The Morgan fingerprint density at radius 3 is 2.95 bits per heavy atom. The van der Waals surface area contributed by atoms with Crippen LogP contribution >= 0.6 is 11.3 Å². The molecule has 0 aliphatic heterocycles. The quantitative estimate of drug-likeness (QED) is 0.839. The smallest absolute Gasteiger partial charge is 0.186 e. The first-order valence-electron chi connectivity index (χ1n) is 7.82. The van der Waals surface area contributed by atoms with Crippen molar-refractivity contribution in [2.24, 2.45) is 0 Å². The number of thiazole rings is 1. The average molecular weight is 295 g/mol. The van der Waals surface area contributed by atoms with Crippen LogP contribution < -0.4 is 10.2 Å². The van der Waals surface area contributed by atoms with E-state index >= 15 is 0 Å². The second kappa shape index (κ2) is 6.41. The molecule has 0 spiro atoms. The van der Waals surface area contributed by atoms with Crippen LogP contribution in [-0.4, -0.2) is 37.8 Å². The lowest BCUT2D eigenvalue weighted by atomic mass is 9.98. The molecule has 1 saturated carbocycles. The molecule has 0 saturated heterocycles. The predicted octanol–water partition coefficient (Wildman–Crippen LogP) is 2.75. The summed E-state index contributed by atoms with van der Waals surface area (Å²) in [5.74, 6) is 0. The largest absolute Gasteiger partial charge is 0.383 e. The van der Waals surface area contributed by atoms with E-state index in [9.17, 15) is 0 Å². The van der Waals surface area contributed by atoms with Gasteiger partial charge in [-0.2, -0.15) is 0 Å². The Morgan fingerprint density at radius 1 is 1.40 bits per heavy atom. The zero-order valence-corrected chi connectivity index (χ0v) is 13.3. The highest BCUT2D eigenvalue weighted by atomic mass is 32.1. The summed E-state index contributed by atoms with van der Waals surface area (Å²) in [5.41, 5.74) is 1.32. The summed E-state index contributed by atoms with van der Waals surface area (Å²) in [5, 5.41) is 4.80. The summed E-state index contributed by atoms with van der Waals surface area (Å²) in [6.07, 6.45) is 6.34. The summed E-state index contributed by atoms with van der Waals surface area (Å²) < 4.78 is 5.26. The normalized spacial score (nSPS) is 21.8. The van der Waals surface area contributed by atoms with E-state index in [0.29, 0.717) is 12.1 Å². The molecule has 20 heavy (non-hydrogen) atoms. The van der Waals surface area contributed by atoms with Crippen molar-refractivity contribution in [1.82, 2.24) is 10.3 Å². The van der Waals surface area contributed by atoms with Crippen molar-refractivity contribution < 1.29 is 4.74 Å². The maximum absolute atomic E-state index is 5.26. The molecule has 0 radical (unpaired) electrons. The molecule has 0 aromatic carbocycles. The molecule has 1 aromatic rings. The van der Waals surface area contributed by atoms with Gasteiger partial charge in [-0.25, -0.2) is 4.98 Å². The Hall–Kier alpha value is -0.650. The van der Waals surface area contributed by atoms with Crippen LogP contribution in [0.3, 0.4) is 0 Å². The van der Waals surface area contributed by atoms with Crippen molar-refractivity contribution >= 4 is 16.5 Å². The summed E-state index contributed by atoms with van der Waals surface area (Å²) in [7, 11) is 1.78. The number of aromatic nitrogens is 1. The SMILES string of the molecule is CCNC1CCCc2sc(N(CCOC)C3CC3)nc21. The van der Waals surface area contributed by atoms with Crippen molar-refractivity contribution in [2.45, 2.75) is 51.1 Å². The van der Waals surface area contributed by atoms with Crippen LogP contribution in [0.5, 0.6) is 0 Å². The number of nitrogens with one attached hydrogen (secondary N) is 1. The van der Waals surface area contributed by atoms with E-state index in [0.717, 1.165) is 19.7 Å². The first-order valence-corrected chi connectivity index (χ1v) is 8.63. The third-order valence-electron chi connectivity index (χ3n) is 4.16. The topological polar surface area (TPSA) is 37.4 Å². The van der Waals surface area contributed by atoms with Gasteiger partial charge in [-0.05, 0) is 38.6 Å². The standard InChI is InChI=1S/C15H25N3OS/c1-3-16-12-5-4-6-13-14(12)17-15(20-13)18(9-10-19-2)11-7-8-11/h11-12,16H,3-10H2,1-2H3. The van der Waals surface area contributed by atoms with Gasteiger partial charge in [0, 0.05) is 24.6 Å². The summed E-state index contributed by atoms with van der Waals surface area (Å²) in [6, 6.07) is 1.17. The maximum Gasteiger partial charge on any atom is 0.186 e. The van der Waals surface area contributed by atoms with Gasteiger partial charge in [-0.1, -0.05) is 6.92 Å². The van der Waals surface area contributed by atoms with Gasteiger partial charge in [-0.3, -0.25) is 0 Å². The van der Waals surface area contributed by atoms with E-state index in [2.05, 4.69) is 17.1 Å². The summed E-state index contributed by atoms with van der Waals surface area (Å²) in [6.45, 7) is 4.96. The number of rotatable bonds is 7. The van der Waals surface area contributed by atoms with Crippen LogP contribution in [0.1, 0.15) is 49.2 Å². The molecule has 3 rings (SSSR count). The second-order valence-corrected chi connectivity index (χ2v) is 6.79. The molecule has 1 unspecified atom stereocenters. The van der Waals surface area contributed by atoms with Gasteiger partial charge >= 0.3 is 0 Å². The number of methoxy groups -OCH3 is 1. The fourth-order valence-corrected chi connectivity index (χ4v) is 4.24. The van der Waals surface area contributed by atoms with Crippen molar-refractivity contribution in [3.05, 3.63) is 10.6 Å². The molecule has 2 aliphatic rings. The van der Waals surface area contributed by atoms with Gasteiger partial charge in [-0.15, -0.1) is 11.3 Å². The lowest BCUT2D eigenvalue weighted by Crippen LogP contribution is -2.29. The fourth-order valence-electron chi connectivity index (χ4n) is 2.98. The molecule has 1 heterocycles. The lowest BCUT2D eigenvalue weighted by Gasteiger charge is -2.22. The summed E-state index contributed by atoms with van der Waals surface area (Å²) in [4.78, 5) is 8.96. The molecule has 5 heteroatoms. The average Bonchev–Trinajstić information content (AvgIpc) is 3.18. The van der Waals surface area contributed by atoms with Crippen LogP contribution in [0, 0.1) is 0 Å². The number of anilines is 1. The van der Waals surface area contributed by atoms with Gasteiger partial charge in [0.25, 0.3) is 0 Å². The van der Waals surface area contributed by atoms with Gasteiger partial charge in [0.1, 0.15) is 0 Å². The van der Waals surface area contributed by atoms with Crippen LogP contribution in [0.2, 0.25) is 0 Å². The van der Waals surface area contributed by atoms with Crippen LogP contribution in [0.15, 0.2) is 0 Å². The molecule has 0 amide bonds. The number of ether oxygens (including phenoxy) is 1. The van der Waals surface area contributed by atoms with E-state index in [1.165, 1.54) is 47.8 Å². The zero-order chi connectivity index (χ0) is 13.9. The number of hydrogen-bond acceptors (Lipinski definition) is 5. The van der Waals surface area contributed by atoms with Gasteiger partial charge in [0.2, 0.25) is 0 Å². The Labute approximate surface area is 125 Å². The highest BCUT2D eigenvalue weighted by Gasteiger charge is 2.33. The highest BCUT2D eigenvalue weighted by molar-refractivity contribution is 7.15. The van der Waals surface area contributed by atoms with Gasteiger partial charge in [0.15, 0.2) is 5.13 Å². The third-order valence-corrected chi connectivity index (χ3v) is 5.33. The first kappa shape index (κ1) is 14.3. The van der Waals surface area contributed by atoms with Crippen LogP contribution in [-0.2, 0) is 11.2 Å². The molecular formula is C15H25N3OS. The summed E-state index contributed by atoms with van der Waals surface area (Å²) >= 11 is 1.91. The number of aryl methyl sites for hydroxylation is 1. The number of fused-ring (bicyclic) bond motifs is 1. The van der Waals surface area contributed by atoms with E-state index in [1.54, 1.807) is 7.11 Å². The van der Waals surface area contributed by atoms with Crippen molar-refractivity contribution in [3.63, 3.8) is 0 Å². The fraction of sp³-hybridized carbons (Fsp3) is 0.800. The van der Waals surface area contributed by atoms with Gasteiger partial charge < -0.3 is 15.0 Å². The Balaban J connectivity index is 1.79. The Bertz CT molecular complexity index is 444. The van der Waals surface area contributed by atoms with Crippen molar-refractivity contribution in [1.29, 1.82) is 0 Å². The minimum atomic E-state index is 0.470. The molecule has 1 fully saturated rings. The second-order valence-electron chi connectivity index (χ2n) is 5.72. The first-order chi connectivity index (χ1) is 9.83. The van der Waals surface area contributed by atoms with Crippen molar-refractivity contribution in [3.8, 4) is 0 Å². The predicted molar refractivity (Wildman–Crippen MR) is 83.7 cm³/mol. The maximum atomic E-state index is 5.26. The highest BCUT2D eigenvalue weighted by Crippen LogP contribution is 2.40. The molecule has 0 bridgehead atoms. The van der Waals surface area contributed by atoms with Crippen LogP contribution in [0.25, 0.3) is 0 Å². The van der Waals surface area contributed by atoms with E-state index in [4.69, 9.17) is 9.72 Å². The minimum absolute atomic E-state index is 0.470. The Morgan fingerprint density at radius 2 is 2.25 bits per heavy atom. The Kier molecular flexibility index (Phi) is 4.58. The lowest BCUT2D eigenvalue weighted by molar-refractivity contribution is 0.205. The van der Waals surface area contributed by atoms with Crippen molar-refractivity contribution in [2.75, 3.05) is 31.7 Å². The zero-order valence-electron chi connectivity index (χ0n) is 12.5. The number of hydrogen-bond donors (Lipinski definition) is 1. The molecule has 2 aliphatic carbocycles. The molecular weight excluding hydrogens is 270 g/mol.